The fourth-order valence-corrected chi connectivity index (χ4v) is 1.67. The second kappa shape index (κ2) is 5.47. The molecular formula is C12H12N4OS. The van der Waals surface area contributed by atoms with Crippen molar-refractivity contribution in [1.29, 1.82) is 5.26 Å². The minimum Gasteiger partial charge on any atom is -0.353 e. The highest BCUT2D eigenvalue weighted by Gasteiger charge is 2.37. The molecule has 0 aromatic heterocycles. The van der Waals surface area contributed by atoms with Crippen LogP contribution in [0.5, 0.6) is 0 Å². The summed E-state index contributed by atoms with van der Waals surface area (Å²) in [5, 5.41) is 14.8. The lowest BCUT2D eigenvalue weighted by molar-refractivity contribution is -0.124. The monoisotopic (exact) mass is 260 g/mol. The van der Waals surface area contributed by atoms with Gasteiger partial charge in [0.05, 0.1) is 19.2 Å². The lowest BCUT2D eigenvalue weighted by Crippen LogP contribution is -2.35. The summed E-state index contributed by atoms with van der Waals surface area (Å²) in [5.41, 5.74) is 0.865. The number of nitriles is 1. The van der Waals surface area contributed by atoms with Crippen LogP contribution in [0.1, 0.15) is 0 Å². The summed E-state index contributed by atoms with van der Waals surface area (Å²) in [5.74, 6) is -0.112. The van der Waals surface area contributed by atoms with E-state index in [4.69, 9.17) is 17.5 Å². The summed E-state index contributed by atoms with van der Waals surface area (Å²) in [6.07, 6.45) is 0. The van der Waals surface area contributed by atoms with Crippen LogP contribution < -0.4 is 10.6 Å². The Bertz CT molecular complexity index is 497. The maximum Gasteiger partial charge on any atom is 0.243 e. The summed E-state index contributed by atoms with van der Waals surface area (Å²) < 4.78 is 0. The maximum absolute atomic E-state index is 11.6. The number of hydrogen-bond acceptors (Lipinski definition) is 3. The highest BCUT2D eigenvalue weighted by atomic mass is 32.1. The van der Waals surface area contributed by atoms with Crippen molar-refractivity contribution in [3.8, 4) is 6.07 Å². The zero-order valence-corrected chi connectivity index (χ0v) is 10.4. The number of anilines is 1. The van der Waals surface area contributed by atoms with Crippen LogP contribution in [0.2, 0.25) is 0 Å². The molecule has 1 fully saturated rings. The molecule has 1 aromatic rings. The van der Waals surface area contributed by atoms with Gasteiger partial charge in [-0.3, -0.25) is 4.79 Å². The van der Waals surface area contributed by atoms with E-state index in [2.05, 4.69) is 10.6 Å². The molecule has 0 radical (unpaired) electrons. The summed E-state index contributed by atoms with van der Waals surface area (Å²) >= 11 is 5.06. The van der Waals surface area contributed by atoms with Crippen LogP contribution in [0.4, 0.5) is 5.69 Å². The van der Waals surface area contributed by atoms with Crippen molar-refractivity contribution >= 4 is 28.9 Å². The van der Waals surface area contributed by atoms with Crippen LogP contribution in [0.25, 0.3) is 0 Å². The Balaban J connectivity index is 1.73. The first kappa shape index (κ1) is 12.3. The number of carbonyl (C=O) groups excluding carboxylic acids is 1. The third kappa shape index (κ3) is 3.18. The van der Waals surface area contributed by atoms with Crippen LogP contribution in [-0.4, -0.2) is 35.1 Å². The van der Waals surface area contributed by atoms with Gasteiger partial charge in [-0.2, -0.15) is 5.26 Å². The number of amides is 1. The Kier molecular flexibility index (Phi) is 3.75. The van der Waals surface area contributed by atoms with Crippen molar-refractivity contribution in [2.45, 2.75) is 6.04 Å². The molecule has 2 N–H and O–H groups in total. The Morgan fingerprint density at radius 3 is 2.83 bits per heavy atom. The van der Waals surface area contributed by atoms with Gasteiger partial charge < -0.3 is 15.5 Å². The van der Waals surface area contributed by atoms with Crippen molar-refractivity contribution in [2.24, 2.45) is 0 Å². The molecule has 1 saturated heterocycles. The largest absolute Gasteiger partial charge is 0.353 e. The second-order valence-corrected chi connectivity index (χ2v) is 4.27. The first-order chi connectivity index (χ1) is 8.70. The number of thiocarbonyl (C=S) groups is 1. The number of carbonyl (C=O) groups is 1. The smallest absolute Gasteiger partial charge is 0.243 e. The number of nitrogens with zero attached hydrogens (tertiary/aromatic N) is 2. The van der Waals surface area contributed by atoms with Crippen molar-refractivity contribution in [3.05, 3.63) is 30.3 Å². The molecule has 0 aliphatic carbocycles. The molecule has 0 saturated carbocycles. The third-order valence-electron chi connectivity index (χ3n) is 2.51. The van der Waals surface area contributed by atoms with E-state index in [0.717, 1.165) is 5.69 Å². The molecule has 0 bridgehead atoms. The molecule has 1 amide bonds. The predicted molar refractivity (Wildman–Crippen MR) is 71.8 cm³/mol. The Morgan fingerprint density at radius 1 is 1.50 bits per heavy atom. The van der Waals surface area contributed by atoms with Crippen molar-refractivity contribution in [3.63, 3.8) is 0 Å². The minimum atomic E-state index is -0.255. The maximum atomic E-state index is 11.6. The Hall–Kier alpha value is -2.13. The first-order valence-electron chi connectivity index (χ1n) is 5.49. The average Bonchev–Trinajstić information content (AvgIpc) is 3.16. The van der Waals surface area contributed by atoms with Gasteiger partial charge in [-0.1, -0.05) is 18.2 Å². The van der Waals surface area contributed by atoms with E-state index >= 15 is 0 Å². The van der Waals surface area contributed by atoms with E-state index in [1.807, 2.05) is 36.4 Å². The third-order valence-corrected chi connectivity index (χ3v) is 2.76. The van der Waals surface area contributed by atoms with Gasteiger partial charge in [-0.15, -0.1) is 0 Å². The molecule has 1 aliphatic heterocycles. The van der Waals surface area contributed by atoms with Crippen LogP contribution in [0.3, 0.4) is 0 Å². The number of benzene rings is 1. The van der Waals surface area contributed by atoms with Gasteiger partial charge in [-0.05, 0) is 24.4 Å². The van der Waals surface area contributed by atoms with E-state index in [1.54, 1.807) is 0 Å². The van der Waals surface area contributed by atoms with Gasteiger partial charge in [0, 0.05) is 5.69 Å². The van der Waals surface area contributed by atoms with Crippen molar-refractivity contribution in [1.82, 2.24) is 10.2 Å². The summed E-state index contributed by atoms with van der Waals surface area (Å²) in [6.45, 7) is 0.632. The molecule has 6 heteroatoms. The molecule has 1 aromatic carbocycles. The van der Waals surface area contributed by atoms with Crippen LogP contribution in [-0.2, 0) is 4.79 Å². The van der Waals surface area contributed by atoms with Gasteiger partial charge >= 0.3 is 0 Å². The first-order valence-corrected chi connectivity index (χ1v) is 5.90. The number of rotatable bonds is 3. The molecule has 92 valence electrons. The zero-order valence-electron chi connectivity index (χ0n) is 9.59. The lowest BCUT2D eigenvalue weighted by Gasteiger charge is -2.10. The van der Waals surface area contributed by atoms with Crippen LogP contribution in [0, 0.1) is 11.3 Å². The SMILES string of the molecule is N#CC1CN1C(=O)CNC(=S)Nc1ccccc1. The highest BCUT2D eigenvalue weighted by molar-refractivity contribution is 7.80. The second-order valence-electron chi connectivity index (χ2n) is 3.86. The fraction of sp³-hybridized carbons (Fsp3) is 0.250. The predicted octanol–water partition coefficient (Wildman–Crippen LogP) is 0.707. The van der Waals surface area contributed by atoms with E-state index < -0.39 is 0 Å². The van der Waals surface area contributed by atoms with Crippen LogP contribution in [0.15, 0.2) is 30.3 Å². The molecule has 1 heterocycles. The molecule has 0 spiro atoms. The molecule has 1 unspecified atom stereocenters. The van der Waals surface area contributed by atoms with Gasteiger partial charge in [0.25, 0.3) is 0 Å². The van der Waals surface area contributed by atoms with Gasteiger partial charge in [0.1, 0.15) is 6.04 Å². The molecular weight excluding hydrogens is 248 g/mol. The molecule has 1 atom stereocenters. The summed E-state index contributed by atoms with van der Waals surface area (Å²) in [6, 6.07) is 11.2. The van der Waals surface area contributed by atoms with Gasteiger partial charge in [0.2, 0.25) is 5.91 Å². The zero-order chi connectivity index (χ0) is 13.0. The van der Waals surface area contributed by atoms with E-state index in [1.165, 1.54) is 4.90 Å². The average molecular weight is 260 g/mol. The summed E-state index contributed by atoms with van der Waals surface area (Å²) in [4.78, 5) is 13.1. The highest BCUT2D eigenvalue weighted by Crippen LogP contribution is 2.15. The molecule has 18 heavy (non-hydrogen) atoms. The van der Waals surface area contributed by atoms with E-state index in [-0.39, 0.29) is 18.5 Å². The number of nitrogens with one attached hydrogen (secondary N) is 2. The van der Waals surface area contributed by atoms with Crippen molar-refractivity contribution in [2.75, 3.05) is 18.4 Å². The number of hydrogen-bond donors (Lipinski definition) is 2. The number of para-hydroxylation sites is 1. The normalized spacial score (nSPS) is 16.6. The van der Waals surface area contributed by atoms with E-state index in [0.29, 0.717) is 11.7 Å². The van der Waals surface area contributed by atoms with Crippen molar-refractivity contribution < 1.29 is 4.79 Å². The molecule has 5 nitrogen and oxygen atoms in total. The van der Waals surface area contributed by atoms with Gasteiger partial charge in [0.15, 0.2) is 5.11 Å². The lowest BCUT2D eigenvalue weighted by atomic mass is 10.3. The minimum absolute atomic E-state index is 0.108. The van der Waals surface area contributed by atoms with Gasteiger partial charge in [-0.25, -0.2) is 0 Å². The summed E-state index contributed by atoms with van der Waals surface area (Å²) in [7, 11) is 0. The molecule has 2 rings (SSSR count). The van der Waals surface area contributed by atoms with Crippen LogP contribution >= 0.6 is 12.2 Å². The Labute approximate surface area is 110 Å². The fourth-order valence-electron chi connectivity index (χ4n) is 1.48. The quantitative estimate of drug-likeness (QED) is 0.619. The Morgan fingerprint density at radius 2 is 2.22 bits per heavy atom. The standard InChI is InChI=1S/C12H12N4OS/c13-6-10-8-16(10)11(17)7-14-12(18)15-9-4-2-1-3-5-9/h1-5,10H,7-8H2,(H2,14,15,18). The topological polar surface area (TPSA) is 67.9 Å². The molecule has 1 aliphatic rings. The van der Waals surface area contributed by atoms with E-state index in [9.17, 15) is 4.79 Å².